The van der Waals surface area contributed by atoms with Gasteiger partial charge in [-0.3, -0.25) is 14.9 Å². The van der Waals surface area contributed by atoms with Crippen LogP contribution in [0.4, 0.5) is 18.9 Å². The number of nitro benzene ring substituents is 1. The second-order valence-electron chi connectivity index (χ2n) is 16.4. The van der Waals surface area contributed by atoms with E-state index in [1.54, 1.807) is 43.3 Å². The molecular weight excluding hydrogens is 900 g/mol. The monoisotopic (exact) mass is 947 g/mol. The molecule has 0 unspecified atom stereocenters. The quantitative estimate of drug-likeness (QED) is 0.131. The highest BCUT2D eigenvalue weighted by atomic mass is 32.2. The van der Waals surface area contributed by atoms with Crippen molar-refractivity contribution in [2.24, 2.45) is 44.2 Å². The van der Waals surface area contributed by atoms with Gasteiger partial charge in [-0.15, -0.1) is 0 Å². The van der Waals surface area contributed by atoms with Crippen LogP contribution < -0.4 is 16.8 Å². The van der Waals surface area contributed by atoms with Crippen LogP contribution in [0.1, 0.15) is 47.8 Å². The van der Waals surface area contributed by atoms with E-state index >= 15 is 0 Å². The second-order valence-corrected chi connectivity index (χ2v) is 19.5. The van der Waals surface area contributed by atoms with Gasteiger partial charge in [0.05, 0.1) is 43.1 Å². The lowest BCUT2D eigenvalue weighted by atomic mass is 9.77. The van der Waals surface area contributed by atoms with Crippen molar-refractivity contribution in [1.82, 2.24) is 5.32 Å². The maximum Gasteiger partial charge on any atom is 0.270 e. The number of non-ortho nitro benzene ring substituents is 1. The molecule has 342 valence electrons. The van der Waals surface area contributed by atoms with Crippen LogP contribution in [-0.2, 0) is 30.8 Å². The van der Waals surface area contributed by atoms with Gasteiger partial charge in [0.1, 0.15) is 34.1 Å². The summed E-state index contributed by atoms with van der Waals surface area (Å²) in [5.41, 5.74) is 11.0. The Bertz CT molecular complexity index is 2540. The van der Waals surface area contributed by atoms with Gasteiger partial charge in [-0.25, -0.2) is 28.1 Å². The van der Waals surface area contributed by atoms with E-state index in [0.717, 1.165) is 17.9 Å². The molecule has 19 heteroatoms. The molecular formula is C46H48F3N7O6S3. The maximum atomic E-state index is 14.6. The predicted octanol–water partition coefficient (Wildman–Crippen LogP) is 7.73. The van der Waals surface area contributed by atoms with Gasteiger partial charge in [0.25, 0.3) is 11.6 Å². The number of nitrogens with two attached hydrogens (primary N) is 2. The molecule has 3 saturated heterocycles. The number of rotatable bonds is 5. The zero-order valence-corrected chi connectivity index (χ0v) is 38.1. The molecule has 6 heterocycles. The van der Waals surface area contributed by atoms with Crippen molar-refractivity contribution in [1.29, 1.82) is 0 Å². The van der Waals surface area contributed by atoms with E-state index in [4.69, 9.17) is 30.7 Å². The molecule has 0 bridgehead atoms. The number of hydrogen-bond donors (Lipinski definition) is 3. The van der Waals surface area contributed by atoms with Gasteiger partial charge in [0.2, 0.25) is 0 Å². The highest BCUT2D eigenvalue weighted by molar-refractivity contribution is 8.14. The van der Waals surface area contributed by atoms with Crippen LogP contribution in [0.15, 0.2) is 112 Å². The van der Waals surface area contributed by atoms with Crippen LogP contribution in [-0.4, -0.2) is 81.7 Å². The molecule has 4 aromatic rings. The number of amides is 1. The lowest BCUT2D eigenvalue weighted by Gasteiger charge is -2.37. The summed E-state index contributed by atoms with van der Waals surface area (Å²) in [5.74, 6) is 1.13. The fourth-order valence-corrected chi connectivity index (χ4v) is 12.6. The van der Waals surface area contributed by atoms with Crippen LogP contribution >= 0.6 is 35.3 Å². The minimum Gasteiger partial charge on any atom is -0.379 e. The van der Waals surface area contributed by atoms with E-state index in [0.29, 0.717) is 63.5 Å². The van der Waals surface area contributed by atoms with Crippen molar-refractivity contribution in [2.75, 3.05) is 37.1 Å². The number of halogens is 3. The Morgan fingerprint density at radius 2 is 1.08 bits per heavy atom. The van der Waals surface area contributed by atoms with E-state index in [2.05, 4.69) is 15.3 Å². The molecule has 0 saturated carbocycles. The van der Waals surface area contributed by atoms with E-state index in [9.17, 15) is 28.1 Å². The first kappa shape index (κ1) is 46.6. The molecule has 1 amide bonds. The van der Waals surface area contributed by atoms with Gasteiger partial charge in [-0.1, -0.05) is 89.9 Å². The van der Waals surface area contributed by atoms with Crippen molar-refractivity contribution in [2.45, 2.75) is 55.7 Å². The first-order valence-corrected chi connectivity index (χ1v) is 24.0. The standard InChI is InChI=1S/C20H19FN2O2S.C13H14FN3O3S.C13H15FN2OS/c1-13-20(16-9-5-6-10-17(16)21)15(11-25-13)12-26-19(23-20)22-18(24)14-7-3-2-4-8-14;1-7-13(8(5-20-7)6-21-12(15)16-13)10-4-9(17(18)19)2-3-11(10)14;1-8-13(10-4-2-3-5-11(10)14)9(6-17-8)7-18-12(15)16-13/h2-10,13,15H,11-12H2,1H3,(H,22,23,24);2-4,7-8H,5-6H2,1H3,(H2,15,16);2-5,8-9H,6-7H2,1H3,(H2,15,16)/t13-,15-,20-;7-,8-,13-;8-,9-,13-/m000/s1. The minimum atomic E-state index is -0.981. The number of hydrogen-bond acceptors (Lipinski definition) is 14. The van der Waals surface area contributed by atoms with Crippen LogP contribution in [0, 0.1) is 45.3 Å². The number of nitrogens with one attached hydrogen (secondary N) is 1. The second kappa shape index (κ2) is 19.1. The van der Waals surface area contributed by atoms with Gasteiger partial charge in [0.15, 0.2) is 15.5 Å². The highest BCUT2D eigenvalue weighted by Crippen LogP contribution is 2.51. The number of nitro groups is 1. The Labute approximate surface area is 387 Å². The highest BCUT2D eigenvalue weighted by Gasteiger charge is 2.56. The lowest BCUT2D eigenvalue weighted by molar-refractivity contribution is -0.385. The normalized spacial score (nSPS) is 31.0. The molecule has 0 radical (unpaired) electrons. The van der Waals surface area contributed by atoms with Crippen LogP contribution in [0.5, 0.6) is 0 Å². The topological polar surface area (TPSA) is 189 Å². The van der Waals surface area contributed by atoms with Crippen molar-refractivity contribution >= 4 is 62.4 Å². The van der Waals surface area contributed by atoms with Crippen molar-refractivity contribution < 1.29 is 37.1 Å². The SMILES string of the molecule is C[C@@H]1OC[C@H]2CSC(N)=N[C@]21c1cc([N+](=O)[O-])ccc1F.C[C@@H]1OC[C@H]2CSC(N)=N[C@]21c1ccccc1F.C[C@@H]1OC[C@H]2CSC(NC(=O)c3ccccc3)=N[C@]21c1ccccc1F. The number of nitrogens with zero attached hydrogens (tertiary/aromatic N) is 4. The van der Waals surface area contributed by atoms with Crippen LogP contribution in [0.25, 0.3) is 0 Å². The van der Waals surface area contributed by atoms with E-state index in [-0.39, 0.29) is 58.8 Å². The van der Waals surface area contributed by atoms with Gasteiger partial charge >= 0.3 is 0 Å². The Kier molecular flexibility index (Phi) is 13.7. The summed E-state index contributed by atoms with van der Waals surface area (Å²) in [6, 6.07) is 26.0. The number of aliphatic imine (C=N–C) groups is 3. The molecule has 9 atom stereocenters. The predicted molar refractivity (Wildman–Crippen MR) is 250 cm³/mol. The Hall–Kier alpha value is -4.92. The van der Waals surface area contributed by atoms with Crippen LogP contribution in [0.3, 0.4) is 0 Å². The number of benzene rings is 4. The Morgan fingerprint density at radius 3 is 1.57 bits per heavy atom. The van der Waals surface area contributed by atoms with Crippen molar-refractivity contribution in [3.05, 3.63) is 147 Å². The van der Waals surface area contributed by atoms with E-state index in [1.807, 2.05) is 44.2 Å². The van der Waals surface area contributed by atoms with Crippen molar-refractivity contribution in [3.63, 3.8) is 0 Å². The van der Waals surface area contributed by atoms with Gasteiger partial charge in [-0.05, 0) is 51.1 Å². The zero-order valence-electron chi connectivity index (χ0n) is 35.7. The van der Waals surface area contributed by atoms with Gasteiger partial charge in [0, 0.05) is 69.4 Å². The molecule has 10 rings (SSSR count). The first-order chi connectivity index (χ1) is 31.2. The summed E-state index contributed by atoms with van der Waals surface area (Å²) in [6.45, 7) is 7.24. The minimum absolute atomic E-state index is 0.0543. The number of fused-ring (bicyclic) bond motifs is 3. The molecule has 65 heavy (non-hydrogen) atoms. The largest absolute Gasteiger partial charge is 0.379 e. The third-order valence-corrected chi connectivity index (χ3v) is 15.9. The number of thioether (sulfide) groups is 3. The van der Waals surface area contributed by atoms with E-state index < -0.39 is 33.5 Å². The zero-order chi connectivity index (χ0) is 46.1. The average molecular weight is 948 g/mol. The first-order valence-electron chi connectivity index (χ1n) is 21.0. The number of amidine groups is 3. The summed E-state index contributed by atoms with van der Waals surface area (Å²) in [7, 11) is 0. The number of ether oxygens (including phenoxy) is 3. The van der Waals surface area contributed by atoms with Gasteiger partial charge in [-0.2, -0.15) is 0 Å². The van der Waals surface area contributed by atoms with Crippen LogP contribution in [0.2, 0.25) is 0 Å². The molecule has 0 aromatic heterocycles. The Morgan fingerprint density at radius 1 is 0.646 bits per heavy atom. The summed E-state index contributed by atoms with van der Waals surface area (Å²) >= 11 is 4.40. The average Bonchev–Trinajstić information content (AvgIpc) is 3.94. The lowest BCUT2D eigenvalue weighted by Crippen LogP contribution is -2.45. The third-order valence-electron chi connectivity index (χ3n) is 13.0. The molecule has 6 aliphatic rings. The fourth-order valence-electron chi connectivity index (χ4n) is 9.62. The number of carbonyl (C=O) groups excluding carboxylic acids is 1. The molecule has 13 nitrogen and oxygen atoms in total. The Balaban J connectivity index is 0.000000135. The summed E-state index contributed by atoms with van der Waals surface area (Å²) in [5, 5.41) is 15.2. The molecule has 0 spiro atoms. The summed E-state index contributed by atoms with van der Waals surface area (Å²) in [4.78, 5) is 36.8. The molecule has 0 aliphatic carbocycles. The van der Waals surface area contributed by atoms with Crippen molar-refractivity contribution in [3.8, 4) is 0 Å². The summed E-state index contributed by atoms with van der Waals surface area (Å²) < 4.78 is 60.3. The smallest absolute Gasteiger partial charge is 0.270 e. The maximum absolute atomic E-state index is 14.6. The third kappa shape index (κ3) is 8.66. The molecule has 3 fully saturated rings. The molecule has 6 aliphatic heterocycles. The number of carbonyl (C=O) groups is 1. The molecule has 5 N–H and O–H groups in total. The fraction of sp³-hybridized carbons (Fsp3) is 0.391. The van der Waals surface area contributed by atoms with E-state index in [1.165, 1.54) is 53.5 Å². The van der Waals surface area contributed by atoms with Gasteiger partial charge < -0.3 is 31.0 Å². The molecule has 4 aromatic carbocycles. The summed E-state index contributed by atoms with van der Waals surface area (Å²) in [6.07, 6.45) is -0.814.